The lowest BCUT2D eigenvalue weighted by atomic mass is 10.2. The minimum Gasteiger partial charge on any atom is -0.396 e. The summed E-state index contributed by atoms with van der Waals surface area (Å²) in [5.41, 5.74) is 8.22. The molecule has 3 aromatic rings. The van der Waals surface area contributed by atoms with Crippen LogP contribution in [0.15, 0.2) is 6.20 Å². The summed E-state index contributed by atoms with van der Waals surface area (Å²) in [4.78, 5) is 9.35. The van der Waals surface area contributed by atoms with Gasteiger partial charge in [-0.25, -0.2) is 15.0 Å². The van der Waals surface area contributed by atoms with Crippen molar-refractivity contribution >= 4 is 45.7 Å². The number of fused-ring (bicyclic) bond motifs is 1. The number of nitrogens with two attached hydrogens (primary N) is 2. The molecule has 4 N–H and O–H groups in total. The Morgan fingerprint density at radius 3 is 2.15 bits per heavy atom. The number of nitrogen functional groups attached to an aromatic ring is 2. The third-order valence-electron chi connectivity index (χ3n) is 3.28. The Labute approximate surface area is 154 Å². The molecule has 0 atom stereocenters. The minimum atomic E-state index is -5.26. The molecule has 0 bridgehead atoms. The zero-order chi connectivity index (χ0) is 20.3. The van der Waals surface area contributed by atoms with E-state index in [2.05, 4.69) is 20.1 Å². The average Bonchev–Trinajstić information content (AvgIpc) is 2.87. The van der Waals surface area contributed by atoms with Gasteiger partial charge < -0.3 is 11.5 Å². The van der Waals surface area contributed by atoms with Gasteiger partial charge >= 0.3 is 12.4 Å². The van der Waals surface area contributed by atoms with Crippen LogP contribution >= 0.6 is 23.2 Å². The fourth-order valence-corrected chi connectivity index (χ4v) is 2.54. The molecule has 27 heavy (non-hydrogen) atoms. The van der Waals surface area contributed by atoms with Gasteiger partial charge in [0.05, 0.1) is 22.3 Å². The van der Waals surface area contributed by atoms with Gasteiger partial charge in [0.2, 0.25) is 5.82 Å². The van der Waals surface area contributed by atoms with Crippen molar-refractivity contribution in [1.29, 1.82) is 0 Å². The van der Waals surface area contributed by atoms with Crippen LogP contribution in [0.3, 0.4) is 0 Å². The Morgan fingerprint density at radius 2 is 1.59 bits per heavy atom. The summed E-state index contributed by atoms with van der Waals surface area (Å²) < 4.78 is 78.9. The van der Waals surface area contributed by atoms with E-state index < -0.39 is 40.7 Å². The molecule has 0 saturated heterocycles. The zero-order valence-corrected chi connectivity index (χ0v) is 14.0. The van der Waals surface area contributed by atoms with Gasteiger partial charge in [-0.15, -0.1) is 5.10 Å². The average molecular weight is 432 g/mol. The van der Waals surface area contributed by atoms with E-state index in [-0.39, 0.29) is 21.6 Å². The highest BCUT2D eigenvalue weighted by atomic mass is 35.5. The second-order valence-corrected chi connectivity index (χ2v) is 5.83. The van der Waals surface area contributed by atoms with Gasteiger partial charge in [0, 0.05) is 0 Å². The Bertz CT molecular complexity index is 1060. The lowest BCUT2D eigenvalue weighted by Gasteiger charge is -2.11. The summed E-state index contributed by atoms with van der Waals surface area (Å²) in [6.07, 6.45) is -9.49. The van der Waals surface area contributed by atoms with Crippen molar-refractivity contribution in [3.63, 3.8) is 0 Å². The summed E-state index contributed by atoms with van der Waals surface area (Å²) in [5.74, 6) is -3.11. The monoisotopic (exact) mass is 431 g/mol. The largest absolute Gasteiger partial charge is 0.451 e. The van der Waals surface area contributed by atoms with Crippen molar-refractivity contribution in [3.05, 3.63) is 27.8 Å². The molecule has 0 aromatic carbocycles. The van der Waals surface area contributed by atoms with Gasteiger partial charge in [0.25, 0.3) is 0 Å². The van der Waals surface area contributed by atoms with E-state index >= 15 is 0 Å². The third-order valence-corrected chi connectivity index (χ3v) is 3.96. The Kier molecular flexibility index (Phi) is 4.26. The van der Waals surface area contributed by atoms with Crippen LogP contribution in [0.4, 0.5) is 37.8 Å². The minimum absolute atomic E-state index is 0.0610. The van der Waals surface area contributed by atoms with Crippen LogP contribution in [0.5, 0.6) is 0 Å². The number of alkyl halides is 6. The predicted octanol–water partition coefficient (Wildman–Crippen LogP) is 3.72. The Hall–Kier alpha value is -2.54. The van der Waals surface area contributed by atoms with Crippen molar-refractivity contribution in [2.45, 2.75) is 12.4 Å². The van der Waals surface area contributed by atoms with Crippen LogP contribution in [0.1, 0.15) is 11.5 Å². The molecular weight excluding hydrogens is 427 g/mol. The molecule has 0 aliphatic rings. The number of anilines is 2. The van der Waals surface area contributed by atoms with E-state index in [1.165, 1.54) is 0 Å². The zero-order valence-electron chi connectivity index (χ0n) is 12.5. The second-order valence-electron chi connectivity index (χ2n) is 5.04. The number of aromatic nitrogens is 5. The highest BCUT2D eigenvalue weighted by molar-refractivity contribution is 6.39. The van der Waals surface area contributed by atoms with Crippen molar-refractivity contribution in [2.75, 3.05) is 11.5 Å². The maximum absolute atomic E-state index is 13.2. The lowest BCUT2D eigenvalue weighted by Crippen LogP contribution is -2.17. The molecule has 15 heteroatoms. The molecule has 0 spiro atoms. The number of halogens is 8. The summed E-state index contributed by atoms with van der Waals surface area (Å²) in [5, 5.41) is 2.23. The van der Waals surface area contributed by atoms with E-state index in [9.17, 15) is 26.3 Å². The third kappa shape index (κ3) is 3.16. The smallest absolute Gasteiger partial charge is 0.396 e. The molecule has 0 radical (unpaired) electrons. The topological polar surface area (TPSA) is 109 Å². The molecule has 0 fully saturated rings. The van der Waals surface area contributed by atoms with Crippen molar-refractivity contribution in [3.8, 4) is 5.82 Å². The van der Waals surface area contributed by atoms with Crippen molar-refractivity contribution in [2.24, 2.45) is 0 Å². The van der Waals surface area contributed by atoms with Crippen LogP contribution in [0.25, 0.3) is 16.9 Å². The first-order valence-corrected chi connectivity index (χ1v) is 7.38. The highest BCUT2D eigenvalue weighted by Crippen LogP contribution is 2.39. The van der Waals surface area contributed by atoms with Crippen LogP contribution in [-0.2, 0) is 12.4 Å². The fourth-order valence-electron chi connectivity index (χ4n) is 2.12. The number of hydrogen-bond acceptors (Lipinski definition) is 6. The normalized spacial score (nSPS) is 12.7. The molecule has 0 amide bonds. The first-order chi connectivity index (χ1) is 12.3. The fraction of sp³-hybridized carbons (Fsp3) is 0.167. The van der Waals surface area contributed by atoms with Crippen molar-refractivity contribution in [1.82, 2.24) is 24.7 Å². The van der Waals surface area contributed by atoms with Crippen molar-refractivity contribution < 1.29 is 26.3 Å². The number of rotatable bonds is 1. The molecule has 7 nitrogen and oxygen atoms in total. The van der Waals surface area contributed by atoms with Crippen LogP contribution in [-0.4, -0.2) is 24.7 Å². The predicted molar refractivity (Wildman–Crippen MR) is 83.3 cm³/mol. The van der Waals surface area contributed by atoms with Gasteiger partial charge in [-0.05, 0) is 0 Å². The van der Waals surface area contributed by atoms with E-state index in [1.54, 1.807) is 0 Å². The molecule has 3 rings (SSSR count). The van der Waals surface area contributed by atoms with Gasteiger partial charge in [0.15, 0.2) is 17.2 Å². The summed E-state index contributed by atoms with van der Waals surface area (Å²) >= 11 is 11.7. The maximum atomic E-state index is 13.2. The highest BCUT2D eigenvalue weighted by Gasteiger charge is 2.43. The van der Waals surface area contributed by atoms with E-state index in [0.717, 1.165) is 6.20 Å². The standard InChI is InChI=1S/C12H5Cl2F6N7/c13-2-1-23-9(4(14)5(2)21)27-7(22)3-6(11(15,16)17)24-10(12(18,19)20)25-8(3)26-27/h1H,22H2,(H2,21,23). The Balaban J connectivity index is 2.40. The summed E-state index contributed by atoms with van der Waals surface area (Å²) in [6, 6.07) is 0. The molecule has 0 saturated carbocycles. The van der Waals surface area contributed by atoms with Crippen LogP contribution in [0, 0.1) is 0 Å². The summed E-state index contributed by atoms with van der Waals surface area (Å²) in [7, 11) is 0. The second kappa shape index (κ2) is 5.99. The molecule has 144 valence electrons. The van der Waals surface area contributed by atoms with Gasteiger partial charge in [0.1, 0.15) is 10.8 Å². The molecule has 0 unspecified atom stereocenters. The van der Waals surface area contributed by atoms with E-state index in [1.807, 2.05) is 0 Å². The molecule has 0 aliphatic carbocycles. The lowest BCUT2D eigenvalue weighted by molar-refractivity contribution is -0.151. The summed E-state index contributed by atoms with van der Waals surface area (Å²) in [6.45, 7) is 0. The molecular formula is C12H5Cl2F6N7. The molecule has 3 heterocycles. The van der Waals surface area contributed by atoms with Gasteiger partial charge in [-0.1, -0.05) is 23.2 Å². The first kappa shape index (κ1) is 19.2. The van der Waals surface area contributed by atoms with Crippen LogP contribution < -0.4 is 11.5 Å². The number of hydrogen-bond donors (Lipinski definition) is 2. The molecule has 3 aromatic heterocycles. The number of nitrogens with zero attached hydrogens (tertiary/aromatic N) is 5. The van der Waals surface area contributed by atoms with E-state index in [0.29, 0.717) is 4.68 Å². The first-order valence-electron chi connectivity index (χ1n) is 6.62. The number of pyridine rings is 1. The van der Waals surface area contributed by atoms with Gasteiger partial charge in [-0.2, -0.15) is 31.0 Å². The SMILES string of the molecule is Nc1c(Cl)cnc(-n2nc3nc(C(F)(F)F)nc(C(F)(F)F)c3c2N)c1Cl. The van der Waals surface area contributed by atoms with Crippen LogP contribution in [0.2, 0.25) is 10.0 Å². The Morgan fingerprint density at radius 1 is 0.963 bits per heavy atom. The quantitative estimate of drug-likeness (QED) is 0.568. The maximum Gasteiger partial charge on any atom is 0.451 e. The van der Waals surface area contributed by atoms with E-state index in [4.69, 9.17) is 34.7 Å². The molecule has 0 aliphatic heterocycles. The van der Waals surface area contributed by atoms with Gasteiger partial charge in [-0.3, -0.25) is 0 Å².